The van der Waals surface area contributed by atoms with Crippen molar-refractivity contribution in [3.63, 3.8) is 0 Å². The number of carbonyl (C=O) groups is 3. The fourth-order valence-corrected chi connectivity index (χ4v) is 9.99. The summed E-state index contributed by atoms with van der Waals surface area (Å²) >= 11 is 0. The maximum Gasteiger partial charge on any atom is 0.306 e. The number of carbonyl (C=O) groups excluding carboxylic acids is 3. The van der Waals surface area contributed by atoms with Crippen LogP contribution < -0.4 is 0 Å². The Morgan fingerprint density at radius 1 is 0.253 bits per heavy atom. The summed E-state index contributed by atoms with van der Waals surface area (Å²) < 4.78 is 16.9. The smallest absolute Gasteiger partial charge is 0.306 e. The summed E-state index contributed by atoms with van der Waals surface area (Å²) in [5.74, 6) is -0.878. The Morgan fingerprint density at radius 3 is 0.759 bits per heavy atom. The first kappa shape index (κ1) is 79.1. The van der Waals surface area contributed by atoms with Crippen LogP contribution in [0.4, 0.5) is 0 Å². The van der Waals surface area contributed by atoms with Crippen LogP contribution in [0.25, 0.3) is 0 Å². The molecule has 1 atom stereocenters. The summed E-state index contributed by atoms with van der Waals surface area (Å²) in [5.41, 5.74) is 0. The first-order chi connectivity index (χ1) is 41.0. The molecule has 6 nitrogen and oxygen atoms in total. The second-order valence-corrected chi connectivity index (χ2v) is 23.4. The van der Waals surface area contributed by atoms with Crippen molar-refractivity contribution in [2.24, 2.45) is 0 Å². The highest BCUT2D eigenvalue weighted by atomic mass is 16.6. The third-order valence-corrected chi connectivity index (χ3v) is 15.3. The lowest BCUT2D eigenvalue weighted by Gasteiger charge is -2.18. The van der Waals surface area contributed by atoms with Crippen LogP contribution in [-0.4, -0.2) is 37.2 Å². The first-order valence-electron chi connectivity index (χ1n) is 35.4. The molecule has 0 aromatic rings. The Labute approximate surface area is 514 Å². The molecule has 0 aliphatic heterocycles. The first-order valence-corrected chi connectivity index (χ1v) is 35.4. The quantitative estimate of drug-likeness (QED) is 0.0261. The van der Waals surface area contributed by atoms with Gasteiger partial charge in [-0.2, -0.15) is 0 Å². The molecule has 0 N–H and O–H groups in total. The SMILES string of the molecule is CC/C=C\C/C=C\C/C=C\C/C=C\C/C=C\C/C=C\CCCCCCCCCCCCCCCCCCC(=O)OCC(COC(=O)CCCCCCCCCCCCC)OC(=O)CCCCCCCC/C=C\C/C=C\C/C=C\CCCCC. The van der Waals surface area contributed by atoms with Crippen molar-refractivity contribution in [1.29, 1.82) is 0 Å². The minimum absolute atomic E-state index is 0.0789. The summed E-state index contributed by atoms with van der Waals surface area (Å²) in [4.78, 5) is 38.3. The lowest BCUT2D eigenvalue weighted by atomic mass is 10.0. The molecular formula is C77H132O6. The molecule has 0 radical (unpaired) electrons. The normalized spacial score (nSPS) is 12.8. The fourth-order valence-electron chi connectivity index (χ4n) is 9.99. The molecule has 0 aromatic carbocycles. The lowest BCUT2D eigenvalue weighted by Crippen LogP contribution is -2.30. The van der Waals surface area contributed by atoms with E-state index in [2.05, 4.69) is 130 Å². The number of rotatable bonds is 64. The van der Waals surface area contributed by atoms with Gasteiger partial charge in [-0.05, 0) is 109 Å². The number of ether oxygens (including phenoxy) is 3. The van der Waals surface area contributed by atoms with Crippen molar-refractivity contribution in [3.8, 4) is 0 Å². The Morgan fingerprint density at radius 2 is 0.470 bits per heavy atom. The minimum atomic E-state index is -0.783. The van der Waals surface area contributed by atoms with Gasteiger partial charge in [-0.3, -0.25) is 14.4 Å². The van der Waals surface area contributed by atoms with Crippen molar-refractivity contribution in [2.45, 2.75) is 348 Å². The summed E-state index contributed by atoms with van der Waals surface area (Å²) in [6.45, 7) is 6.51. The van der Waals surface area contributed by atoms with E-state index < -0.39 is 6.10 Å². The molecule has 0 saturated heterocycles. The third kappa shape index (κ3) is 68.7. The highest BCUT2D eigenvalue weighted by Crippen LogP contribution is 2.17. The van der Waals surface area contributed by atoms with Crippen molar-refractivity contribution in [2.75, 3.05) is 13.2 Å². The molecule has 0 spiro atoms. The van der Waals surface area contributed by atoms with Gasteiger partial charge in [0.25, 0.3) is 0 Å². The Bertz CT molecular complexity index is 1660. The Kier molecular flexibility index (Phi) is 67.2. The molecule has 0 rings (SSSR count). The molecule has 0 aliphatic rings. The van der Waals surface area contributed by atoms with E-state index in [0.29, 0.717) is 19.3 Å². The predicted octanol–water partition coefficient (Wildman–Crippen LogP) is 24.6. The zero-order chi connectivity index (χ0) is 59.9. The molecule has 6 heteroatoms. The molecule has 1 unspecified atom stereocenters. The molecule has 0 amide bonds. The zero-order valence-corrected chi connectivity index (χ0v) is 54.7. The van der Waals surface area contributed by atoms with Gasteiger partial charge in [0.05, 0.1) is 0 Å². The molecular weight excluding hydrogens is 1020 g/mol. The van der Waals surface area contributed by atoms with E-state index in [0.717, 1.165) is 122 Å². The van der Waals surface area contributed by atoms with Gasteiger partial charge in [0.15, 0.2) is 6.10 Å². The van der Waals surface area contributed by atoms with Gasteiger partial charge < -0.3 is 14.2 Å². The maximum absolute atomic E-state index is 12.9. The van der Waals surface area contributed by atoms with Crippen LogP contribution in [-0.2, 0) is 28.6 Å². The lowest BCUT2D eigenvalue weighted by molar-refractivity contribution is -0.167. The van der Waals surface area contributed by atoms with Gasteiger partial charge in [0.1, 0.15) is 13.2 Å². The standard InChI is InChI=1S/C77H132O6/c1-4-7-10-13-16-19-22-24-26-28-30-31-32-33-34-35-36-37-38-39-40-41-42-43-44-45-47-48-50-52-55-58-61-64-67-70-76(79)82-73-74(72-81-75(78)69-66-63-60-57-54-21-18-15-12-9-6-3)83-77(80)71-68-65-62-59-56-53-51-49-46-29-27-25-23-20-17-14-11-8-5-2/h7,10,16-17,19-20,24-27,30-31,33-34,36-37,46,49,74H,4-6,8-9,11-15,18,21-23,28-29,32,35,38-45,47-48,50-73H2,1-3H3/b10-7-,19-16-,20-17-,26-24-,27-25-,31-30-,34-33-,37-36-,49-46-. The number of hydrogen-bond donors (Lipinski definition) is 0. The fraction of sp³-hybridized carbons (Fsp3) is 0.727. The van der Waals surface area contributed by atoms with Crippen molar-refractivity contribution in [3.05, 3.63) is 109 Å². The molecule has 0 heterocycles. The van der Waals surface area contributed by atoms with Gasteiger partial charge in [-0.15, -0.1) is 0 Å². The largest absolute Gasteiger partial charge is 0.462 e. The summed E-state index contributed by atoms with van der Waals surface area (Å²) in [6.07, 6.45) is 96.9. The molecule has 476 valence electrons. The summed E-state index contributed by atoms with van der Waals surface area (Å²) in [7, 11) is 0. The monoisotopic (exact) mass is 1150 g/mol. The number of unbranched alkanes of at least 4 members (excludes halogenated alkanes) is 35. The molecule has 0 saturated carbocycles. The van der Waals surface area contributed by atoms with Gasteiger partial charge in [-0.25, -0.2) is 0 Å². The van der Waals surface area contributed by atoms with E-state index in [9.17, 15) is 14.4 Å². The van der Waals surface area contributed by atoms with E-state index in [1.54, 1.807) is 0 Å². The minimum Gasteiger partial charge on any atom is -0.462 e. The number of hydrogen-bond acceptors (Lipinski definition) is 6. The summed E-state index contributed by atoms with van der Waals surface area (Å²) in [6, 6.07) is 0. The molecule has 0 fully saturated rings. The number of esters is 3. The van der Waals surface area contributed by atoms with Crippen LogP contribution in [0.3, 0.4) is 0 Å². The average Bonchev–Trinajstić information content (AvgIpc) is 3.48. The summed E-state index contributed by atoms with van der Waals surface area (Å²) in [5, 5.41) is 0. The van der Waals surface area contributed by atoms with E-state index in [4.69, 9.17) is 14.2 Å². The van der Waals surface area contributed by atoms with Crippen LogP contribution in [0.1, 0.15) is 342 Å². The zero-order valence-electron chi connectivity index (χ0n) is 54.7. The van der Waals surface area contributed by atoms with E-state index in [1.807, 2.05) is 0 Å². The maximum atomic E-state index is 12.9. The molecule has 83 heavy (non-hydrogen) atoms. The van der Waals surface area contributed by atoms with E-state index >= 15 is 0 Å². The van der Waals surface area contributed by atoms with Crippen LogP contribution in [0, 0.1) is 0 Å². The topological polar surface area (TPSA) is 78.9 Å². The van der Waals surface area contributed by atoms with Crippen LogP contribution >= 0.6 is 0 Å². The van der Waals surface area contributed by atoms with E-state index in [1.165, 1.54) is 180 Å². The van der Waals surface area contributed by atoms with Crippen LogP contribution in [0.5, 0.6) is 0 Å². The molecule has 0 aromatic heterocycles. The highest BCUT2D eigenvalue weighted by molar-refractivity contribution is 5.71. The van der Waals surface area contributed by atoms with Gasteiger partial charge in [0.2, 0.25) is 0 Å². The van der Waals surface area contributed by atoms with E-state index in [-0.39, 0.29) is 31.1 Å². The van der Waals surface area contributed by atoms with Crippen LogP contribution in [0.2, 0.25) is 0 Å². The average molecular weight is 1150 g/mol. The second-order valence-electron chi connectivity index (χ2n) is 23.4. The third-order valence-electron chi connectivity index (χ3n) is 15.3. The van der Waals surface area contributed by atoms with Crippen molar-refractivity contribution in [1.82, 2.24) is 0 Å². The second kappa shape index (κ2) is 70.6. The van der Waals surface area contributed by atoms with Gasteiger partial charge >= 0.3 is 17.9 Å². The predicted molar refractivity (Wildman–Crippen MR) is 362 cm³/mol. The molecule has 0 aliphatic carbocycles. The van der Waals surface area contributed by atoms with Crippen LogP contribution in [0.15, 0.2) is 109 Å². The highest BCUT2D eigenvalue weighted by Gasteiger charge is 2.19. The Hall–Kier alpha value is -3.93. The van der Waals surface area contributed by atoms with Gasteiger partial charge in [0, 0.05) is 19.3 Å². The van der Waals surface area contributed by atoms with Crippen molar-refractivity contribution >= 4 is 17.9 Å². The molecule has 0 bridgehead atoms. The van der Waals surface area contributed by atoms with Crippen molar-refractivity contribution < 1.29 is 28.6 Å². The van der Waals surface area contributed by atoms with Gasteiger partial charge in [-0.1, -0.05) is 323 Å². The number of allylic oxidation sites excluding steroid dienone is 18. The Balaban J connectivity index is 4.15.